The molecule has 1 aliphatic rings. The van der Waals surface area contributed by atoms with E-state index < -0.39 is 36.5 Å². The molecule has 136 valence electrons. The van der Waals surface area contributed by atoms with Crippen molar-refractivity contribution in [2.75, 3.05) is 11.9 Å². The van der Waals surface area contributed by atoms with E-state index in [2.05, 4.69) is 20.3 Å². The van der Waals surface area contributed by atoms with Gasteiger partial charge in [-0.05, 0) is 23.7 Å². The Morgan fingerprint density at radius 3 is 2.77 bits per heavy atom. The molecule has 0 spiro atoms. The monoisotopic (exact) mass is 362 g/mol. The van der Waals surface area contributed by atoms with E-state index in [1.807, 2.05) is 6.07 Å². The Morgan fingerprint density at radius 2 is 2.15 bits per heavy atom. The molecule has 0 radical (unpaired) electrons. The van der Waals surface area contributed by atoms with Crippen LogP contribution in [0, 0.1) is 0 Å². The van der Waals surface area contributed by atoms with Crippen LogP contribution in [0.25, 0.3) is 10.4 Å². The molecule has 0 unspecified atom stereocenters. The molecule has 1 aromatic heterocycles. The number of aliphatic hydroxyl groups is 2. The Hall–Kier alpha value is -2.98. The van der Waals surface area contributed by atoms with E-state index in [1.54, 1.807) is 24.3 Å². The highest BCUT2D eigenvalue weighted by Gasteiger charge is 2.56. The molecule has 0 saturated carbocycles. The van der Waals surface area contributed by atoms with Crippen LogP contribution >= 0.6 is 0 Å². The van der Waals surface area contributed by atoms with E-state index >= 15 is 0 Å². The standard InChI is InChI=1S/C15H15FN6O4/c16-11-12(24)15(8-23,20-21-17)26-13(11)22-7-6-10(19-14(22)25)18-9-4-2-1-3-5-9/h1-7,11-13,23-24H,8H2,(H,18,19,25)/t11-,12-,13+,15+/m0/s1. The van der Waals surface area contributed by atoms with Crippen LogP contribution in [-0.2, 0) is 4.74 Å². The van der Waals surface area contributed by atoms with Crippen LogP contribution in [0.5, 0.6) is 0 Å². The topological polar surface area (TPSA) is 145 Å². The summed E-state index contributed by atoms with van der Waals surface area (Å²) < 4.78 is 20.4. The number of halogens is 1. The largest absolute Gasteiger partial charge is 0.393 e. The van der Waals surface area contributed by atoms with E-state index in [1.165, 1.54) is 12.3 Å². The van der Waals surface area contributed by atoms with Gasteiger partial charge in [-0.3, -0.25) is 4.57 Å². The van der Waals surface area contributed by atoms with Gasteiger partial charge in [0.15, 0.2) is 12.4 Å². The molecule has 0 amide bonds. The number of nitrogens with one attached hydrogen (secondary N) is 1. The fourth-order valence-electron chi connectivity index (χ4n) is 2.62. The lowest BCUT2D eigenvalue weighted by molar-refractivity contribution is -0.124. The first-order chi connectivity index (χ1) is 12.5. The van der Waals surface area contributed by atoms with Gasteiger partial charge in [-0.1, -0.05) is 23.3 Å². The summed E-state index contributed by atoms with van der Waals surface area (Å²) in [5.41, 5.74) is 6.21. The highest BCUT2D eigenvalue weighted by atomic mass is 19.1. The molecule has 1 aliphatic heterocycles. The first kappa shape index (κ1) is 17.8. The first-order valence-corrected chi connectivity index (χ1v) is 7.59. The SMILES string of the molecule is [N-]=[N+]=N[C@]1(CO)O[C@@H](n2ccc(Nc3ccccc3)nc2=O)[C@@H](F)[C@@H]1O. The van der Waals surface area contributed by atoms with Gasteiger partial charge >= 0.3 is 5.69 Å². The average molecular weight is 362 g/mol. The fraction of sp³-hybridized carbons (Fsp3) is 0.333. The molecule has 2 aromatic rings. The van der Waals surface area contributed by atoms with Crippen LogP contribution in [0.4, 0.5) is 15.9 Å². The molecule has 0 aliphatic carbocycles. The molecule has 3 N–H and O–H groups in total. The van der Waals surface area contributed by atoms with E-state index in [4.69, 9.17) is 10.3 Å². The summed E-state index contributed by atoms with van der Waals surface area (Å²) in [4.78, 5) is 18.5. The zero-order chi connectivity index (χ0) is 18.7. The van der Waals surface area contributed by atoms with Gasteiger partial charge in [-0.15, -0.1) is 0 Å². The van der Waals surface area contributed by atoms with Gasteiger partial charge in [0.25, 0.3) is 0 Å². The van der Waals surface area contributed by atoms with Crippen LogP contribution in [0.1, 0.15) is 6.23 Å². The number of hydrogen-bond acceptors (Lipinski definition) is 7. The molecular formula is C15H15FN6O4. The van der Waals surface area contributed by atoms with Gasteiger partial charge in [0.2, 0.25) is 5.72 Å². The molecule has 2 heterocycles. The number of rotatable bonds is 5. The van der Waals surface area contributed by atoms with Crippen LogP contribution in [0.2, 0.25) is 0 Å². The molecule has 1 aromatic carbocycles. The number of azide groups is 1. The van der Waals surface area contributed by atoms with Crippen LogP contribution < -0.4 is 11.0 Å². The third kappa shape index (κ3) is 3.11. The Bertz CT molecular complexity index is 887. The predicted octanol–water partition coefficient (Wildman–Crippen LogP) is 1.21. The molecule has 3 rings (SSSR count). The molecule has 0 bridgehead atoms. The van der Waals surface area contributed by atoms with E-state index in [0.29, 0.717) is 5.69 Å². The summed E-state index contributed by atoms with van der Waals surface area (Å²) in [7, 11) is 0. The number of alkyl halides is 1. The second-order valence-corrected chi connectivity index (χ2v) is 5.58. The third-order valence-electron chi connectivity index (χ3n) is 3.95. The van der Waals surface area contributed by atoms with Crippen molar-refractivity contribution in [3.05, 3.63) is 63.5 Å². The minimum atomic E-state index is -2.21. The third-order valence-corrected chi connectivity index (χ3v) is 3.95. The van der Waals surface area contributed by atoms with Crippen molar-refractivity contribution in [3.8, 4) is 0 Å². The lowest BCUT2D eigenvalue weighted by Crippen LogP contribution is -2.43. The maximum absolute atomic E-state index is 14.4. The zero-order valence-corrected chi connectivity index (χ0v) is 13.3. The highest BCUT2D eigenvalue weighted by Crippen LogP contribution is 2.39. The molecule has 1 saturated heterocycles. The number of aliphatic hydroxyl groups excluding tert-OH is 2. The number of benzene rings is 1. The molecule has 26 heavy (non-hydrogen) atoms. The Kier molecular flexibility index (Phi) is 4.87. The number of anilines is 2. The highest BCUT2D eigenvalue weighted by molar-refractivity contribution is 5.54. The Labute approximate surface area is 146 Å². The van der Waals surface area contributed by atoms with Crippen LogP contribution in [0.15, 0.2) is 52.5 Å². The summed E-state index contributed by atoms with van der Waals surface area (Å²) in [5, 5.41) is 25.4. The average Bonchev–Trinajstić information content (AvgIpc) is 2.89. The maximum atomic E-state index is 14.4. The summed E-state index contributed by atoms with van der Waals surface area (Å²) in [5.74, 6) is 0.231. The minimum absolute atomic E-state index is 0.231. The molecule has 1 fully saturated rings. The quantitative estimate of drug-likeness (QED) is 0.414. The summed E-state index contributed by atoms with van der Waals surface area (Å²) in [6.45, 7) is -0.953. The number of para-hydroxylation sites is 1. The van der Waals surface area contributed by atoms with Gasteiger partial charge in [0, 0.05) is 16.8 Å². The van der Waals surface area contributed by atoms with Crippen molar-refractivity contribution in [2.45, 2.75) is 24.2 Å². The summed E-state index contributed by atoms with van der Waals surface area (Å²) in [6.07, 6.45) is -4.43. The molecule has 11 heteroatoms. The van der Waals surface area contributed by atoms with E-state index in [-0.39, 0.29) is 5.82 Å². The van der Waals surface area contributed by atoms with Gasteiger partial charge in [0.05, 0.1) is 6.61 Å². The maximum Gasteiger partial charge on any atom is 0.351 e. The van der Waals surface area contributed by atoms with Crippen molar-refractivity contribution in [2.24, 2.45) is 5.11 Å². The second-order valence-electron chi connectivity index (χ2n) is 5.58. The van der Waals surface area contributed by atoms with Crippen LogP contribution in [-0.4, -0.2) is 44.4 Å². The summed E-state index contributed by atoms with van der Waals surface area (Å²) in [6, 6.07) is 10.4. The van der Waals surface area contributed by atoms with Crippen molar-refractivity contribution < 1.29 is 19.3 Å². The zero-order valence-electron chi connectivity index (χ0n) is 13.3. The lowest BCUT2D eigenvalue weighted by Gasteiger charge is -2.23. The van der Waals surface area contributed by atoms with E-state index in [9.17, 15) is 19.4 Å². The number of ether oxygens (including phenoxy) is 1. The number of nitrogens with zero attached hydrogens (tertiary/aromatic N) is 5. The normalized spacial score (nSPS) is 27.7. The first-order valence-electron chi connectivity index (χ1n) is 7.59. The van der Waals surface area contributed by atoms with Gasteiger partial charge in [-0.2, -0.15) is 4.98 Å². The molecule has 4 atom stereocenters. The molecule has 10 nitrogen and oxygen atoms in total. The van der Waals surface area contributed by atoms with Gasteiger partial charge in [0.1, 0.15) is 11.9 Å². The fourth-order valence-corrected chi connectivity index (χ4v) is 2.62. The molecular weight excluding hydrogens is 347 g/mol. The van der Waals surface area contributed by atoms with Crippen molar-refractivity contribution in [1.29, 1.82) is 0 Å². The second kappa shape index (κ2) is 7.10. The van der Waals surface area contributed by atoms with Crippen molar-refractivity contribution >= 4 is 11.5 Å². The van der Waals surface area contributed by atoms with E-state index in [0.717, 1.165) is 4.57 Å². The minimum Gasteiger partial charge on any atom is -0.393 e. The smallest absolute Gasteiger partial charge is 0.351 e. The summed E-state index contributed by atoms with van der Waals surface area (Å²) >= 11 is 0. The van der Waals surface area contributed by atoms with Gasteiger partial charge < -0.3 is 20.3 Å². The van der Waals surface area contributed by atoms with Crippen molar-refractivity contribution in [1.82, 2.24) is 9.55 Å². The number of aromatic nitrogens is 2. The lowest BCUT2D eigenvalue weighted by atomic mass is 10.1. The Balaban J connectivity index is 1.88. The Morgan fingerprint density at radius 1 is 1.42 bits per heavy atom. The number of hydrogen-bond donors (Lipinski definition) is 3. The van der Waals surface area contributed by atoms with Crippen molar-refractivity contribution in [3.63, 3.8) is 0 Å². The van der Waals surface area contributed by atoms with Crippen LogP contribution in [0.3, 0.4) is 0 Å². The van der Waals surface area contributed by atoms with Gasteiger partial charge in [-0.25, -0.2) is 9.18 Å². The predicted molar refractivity (Wildman–Crippen MR) is 88.2 cm³/mol.